The lowest BCUT2D eigenvalue weighted by molar-refractivity contribution is -0.134. The van der Waals surface area contributed by atoms with E-state index < -0.39 is 23.9 Å². The van der Waals surface area contributed by atoms with Crippen molar-refractivity contribution in [2.75, 3.05) is 19.6 Å². The van der Waals surface area contributed by atoms with Crippen molar-refractivity contribution >= 4 is 23.9 Å². The summed E-state index contributed by atoms with van der Waals surface area (Å²) in [6, 6.07) is 11.3. The Labute approximate surface area is 173 Å². The molecule has 1 saturated heterocycles. The summed E-state index contributed by atoms with van der Waals surface area (Å²) in [5.74, 6) is -5.03. The van der Waals surface area contributed by atoms with Crippen molar-refractivity contribution in [2.24, 2.45) is 0 Å². The van der Waals surface area contributed by atoms with Gasteiger partial charge in [-0.25, -0.2) is 19.2 Å². The van der Waals surface area contributed by atoms with Crippen molar-refractivity contribution in [3.8, 4) is 0 Å². The van der Waals surface area contributed by atoms with Crippen LogP contribution in [0.3, 0.4) is 0 Å². The zero-order chi connectivity index (χ0) is 22.9. The van der Waals surface area contributed by atoms with Crippen LogP contribution in [0.15, 0.2) is 54.6 Å². The number of carboxylic acids is 4. The summed E-state index contributed by atoms with van der Waals surface area (Å²) in [6.07, 6.45) is 2.23. The molecule has 1 atom stereocenters. The fraction of sp³-hybridized carbons (Fsp3) is 0.300. The molecule has 1 aromatic carbocycles. The summed E-state index contributed by atoms with van der Waals surface area (Å²) >= 11 is 0. The molecule has 0 amide bonds. The molecule has 0 aromatic heterocycles. The molecule has 1 heterocycles. The van der Waals surface area contributed by atoms with Gasteiger partial charge in [0, 0.05) is 56.5 Å². The molecule has 0 radical (unpaired) electrons. The number of piperazine rings is 1. The van der Waals surface area contributed by atoms with Crippen LogP contribution in [0.2, 0.25) is 0 Å². The van der Waals surface area contributed by atoms with Crippen LogP contribution in [0, 0.1) is 0 Å². The van der Waals surface area contributed by atoms with Gasteiger partial charge in [0.05, 0.1) is 0 Å². The lowest BCUT2D eigenvalue weighted by atomic mass is 10.2. The van der Waals surface area contributed by atoms with Crippen LogP contribution < -0.4 is 5.32 Å². The number of rotatable bonds is 6. The second kappa shape index (κ2) is 15.4. The highest BCUT2D eigenvalue weighted by Gasteiger charge is 2.14. The van der Waals surface area contributed by atoms with Crippen LogP contribution >= 0.6 is 0 Å². The van der Waals surface area contributed by atoms with Crippen LogP contribution in [0.5, 0.6) is 0 Å². The molecule has 0 bridgehead atoms. The molecule has 30 heavy (non-hydrogen) atoms. The van der Waals surface area contributed by atoms with E-state index in [1.54, 1.807) is 0 Å². The maximum Gasteiger partial charge on any atom is 0.328 e. The number of hydrogen-bond donors (Lipinski definition) is 5. The van der Waals surface area contributed by atoms with Gasteiger partial charge in [0.25, 0.3) is 0 Å². The van der Waals surface area contributed by atoms with Gasteiger partial charge in [-0.1, -0.05) is 30.3 Å². The van der Waals surface area contributed by atoms with Gasteiger partial charge in [-0.15, -0.1) is 0 Å². The number of hydrogen-bond acceptors (Lipinski definition) is 6. The second-order valence-electron chi connectivity index (χ2n) is 6.10. The molecule has 10 heteroatoms. The average Bonchev–Trinajstić information content (AvgIpc) is 2.67. The van der Waals surface area contributed by atoms with Crippen molar-refractivity contribution < 1.29 is 39.6 Å². The lowest BCUT2D eigenvalue weighted by Crippen LogP contribution is -2.48. The fourth-order valence-corrected chi connectivity index (χ4v) is 2.28. The van der Waals surface area contributed by atoms with E-state index in [1.165, 1.54) is 12.1 Å². The Balaban J connectivity index is 0.000000456. The molecule has 0 saturated carbocycles. The normalized spacial score (nSPS) is 16.1. The maximum absolute atomic E-state index is 9.55. The number of carbonyl (C=O) groups is 4. The topological polar surface area (TPSA) is 164 Å². The summed E-state index contributed by atoms with van der Waals surface area (Å²) in [5, 5.41) is 34.7. The predicted octanol–water partition coefficient (Wildman–Crippen LogP) is 0.904. The summed E-state index contributed by atoms with van der Waals surface area (Å²) in [7, 11) is 0. The van der Waals surface area contributed by atoms with Crippen LogP contribution in [0.1, 0.15) is 12.5 Å². The third kappa shape index (κ3) is 16.7. The zero-order valence-electron chi connectivity index (χ0n) is 16.5. The van der Waals surface area contributed by atoms with Crippen LogP contribution in [-0.4, -0.2) is 74.9 Å². The Morgan fingerprint density at radius 1 is 0.900 bits per heavy atom. The first kappa shape index (κ1) is 26.5. The van der Waals surface area contributed by atoms with Gasteiger partial charge in [0.2, 0.25) is 0 Å². The molecule has 0 spiro atoms. The number of benzene rings is 1. The minimum absolute atomic E-state index is 0.558. The van der Waals surface area contributed by atoms with Gasteiger partial charge in [0.1, 0.15) is 0 Å². The lowest BCUT2D eigenvalue weighted by Gasteiger charge is -2.31. The van der Waals surface area contributed by atoms with Gasteiger partial charge < -0.3 is 25.7 Å². The third-order valence-corrected chi connectivity index (χ3v) is 3.44. The molecule has 5 N–H and O–H groups in total. The summed E-state index contributed by atoms with van der Waals surface area (Å²) < 4.78 is 0. The molecule has 10 nitrogen and oxygen atoms in total. The summed E-state index contributed by atoms with van der Waals surface area (Å²) in [5.41, 5.74) is 1.42. The first-order valence-corrected chi connectivity index (χ1v) is 8.87. The Morgan fingerprint density at radius 3 is 1.70 bits per heavy atom. The Hall–Kier alpha value is -3.50. The zero-order valence-corrected chi connectivity index (χ0v) is 16.5. The number of carboxylic acid groups (broad SMARTS) is 4. The summed E-state index contributed by atoms with van der Waals surface area (Å²) in [4.78, 5) is 40.7. The minimum Gasteiger partial charge on any atom is -0.478 e. The van der Waals surface area contributed by atoms with Gasteiger partial charge >= 0.3 is 23.9 Å². The van der Waals surface area contributed by atoms with Crippen molar-refractivity contribution in [1.82, 2.24) is 10.2 Å². The van der Waals surface area contributed by atoms with E-state index >= 15 is 0 Å². The standard InChI is InChI=1S/C12H18N2.2C4H4O4/c1-11-9-14(8-7-13-11)10-12-5-3-2-4-6-12;2*5-3(6)1-2-4(7)8/h2-6,11,13H,7-10H2,1H3;2*1-2H,(H,5,6)(H,7,8)/b;2*2-1-. The minimum atomic E-state index is -1.26. The van der Waals surface area contributed by atoms with E-state index in [9.17, 15) is 19.2 Å². The quantitative estimate of drug-likeness (QED) is 0.416. The van der Waals surface area contributed by atoms with Crippen molar-refractivity contribution in [2.45, 2.75) is 19.5 Å². The molecule has 1 fully saturated rings. The molecule has 1 aromatic rings. The first-order chi connectivity index (χ1) is 14.1. The van der Waals surface area contributed by atoms with Crippen molar-refractivity contribution in [3.05, 3.63) is 60.2 Å². The number of nitrogens with one attached hydrogen (secondary N) is 1. The molecule has 2 rings (SSSR count). The fourth-order valence-electron chi connectivity index (χ4n) is 2.28. The highest BCUT2D eigenvalue weighted by atomic mass is 16.4. The number of aliphatic carboxylic acids is 4. The molecular weight excluding hydrogens is 396 g/mol. The monoisotopic (exact) mass is 422 g/mol. The Bertz CT molecular complexity index is 680. The largest absolute Gasteiger partial charge is 0.478 e. The smallest absolute Gasteiger partial charge is 0.328 e. The van der Waals surface area contributed by atoms with E-state index in [4.69, 9.17) is 20.4 Å². The van der Waals surface area contributed by atoms with Gasteiger partial charge in [-0.2, -0.15) is 0 Å². The third-order valence-electron chi connectivity index (χ3n) is 3.44. The van der Waals surface area contributed by atoms with E-state index in [-0.39, 0.29) is 0 Å². The van der Waals surface area contributed by atoms with Gasteiger partial charge in [-0.3, -0.25) is 4.90 Å². The molecule has 0 aliphatic carbocycles. The molecule has 1 aliphatic heterocycles. The van der Waals surface area contributed by atoms with Gasteiger partial charge in [0.15, 0.2) is 0 Å². The first-order valence-electron chi connectivity index (χ1n) is 8.87. The van der Waals surface area contributed by atoms with E-state index in [0.717, 1.165) is 19.6 Å². The number of nitrogens with zero attached hydrogens (tertiary/aromatic N) is 1. The average molecular weight is 422 g/mol. The van der Waals surface area contributed by atoms with Gasteiger partial charge in [-0.05, 0) is 12.5 Å². The molecule has 1 aliphatic rings. The van der Waals surface area contributed by atoms with E-state index in [2.05, 4.69) is 47.5 Å². The Kier molecular flexibility index (Phi) is 13.6. The van der Waals surface area contributed by atoms with Crippen molar-refractivity contribution in [1.29, 1.82) is 0 Å². The SMILES string of the molecule is CC1CN(Cc2ccccc2)CCN1.O=C(O)/C=C\C(=O)O.O=C(O)/C=C\C(=O)O. The highest BCUT2D eigenvalue weighted by Crippen LogP contribution is 2.06. The maximum atomic E-state index is 9.55. The van der Waals surface area contributed by atoms with Crippen LogP contribution in [0.25, 0.3) is 0 Å². The molecule has 164 valence electrons. The second-order valence-corrected chi connectivity index (χ2v) is 6.10. The summed E-state index contributed by atoms with van der Waals surface area (Å²) in [6.45, 7) is 6.78. The highest BCUT2D eigenvalue weighted by molar-refractivity contribution is 5.90. The van der Waals surface area contributed by atoms with Crippen molar-refractivity contribution in [3.63, 3.8) is 0 Å². The predicted molar refractivity (Wildman–Crippen MR) is 108 cm³/mol. The van der Waals surface area contributed by atoms with E-state index in [1.807, 2.05) is 0 Å². The van der Waals surface area contributed by atoms with Crippen LogP contribution in [0.4, 0.5) is 0 Å². The van der Waals surface area contributed by atoms with Crippen LogP contribution in [-0.2, 0) is 25.7 Å². The Morgan fingerprint density at radius 2 is 1.33 bits per heavy atom. The molecule has 1 unspecified atom stereocenters. The molecular formula is C20H26N2O8. The van der Waals surface area contributed by atoms with E-state index in [0.29, 0.717) is 30.3 Å².